The maximum atomic E-state index is 4.39. The molecule has 5 nitrogen and oxygen atoms in total. The van der Waals surface area contributed by atoms with E-state index in [0.717, 1.165) is 48.3 Å². The standard InChI is InChI=1S/C14H19N5/c1-10-8-16-14(19-10)13-7-12(17-9-18-13)6-11-2-4-15-5-3-11/h7-9,11,15H,2-6H2,1H3,(H,16,19). The third kappa shape index (κ3) is 2.98. The highest BCUT2D eigenvalue weighted by Gasteiger charge is 2.15. The zero-order valence-electron chi connectivity index (χ0n) is 11.2. The summed E-state index contributed by atoms with van der Waals surface area (Å²) >= 11 is 0. The number of nitrogens with zero attached hydrogens (tertiary/aromatic N) is 3. The van der Waals surface area contributed by atoms with Gasteiger partial charge >= 0.3 is 0 Å². The molecule has 0 amide bonds. The lowest BCUT2D eigenvalue weighted by molar-refractivity contribution is 0.370. The highest BCUT2D eigenvalue weighted by molar-refractivity contribution is 5.49. The van der Waals surface area contributed by atoms with Gasteiger partial charge in [-0.15, -0.1) is 0 Å². The molecule has 1 aliphatic rings. The van der Waals surface area contributed by atoms with Gasteiger partial charge in [0.1, 0.15) is 12.0 Å². The molecule has 2 N–H and O–H groups in total. The van der Waals surface area contributed by atoms with Crippen LogP contribution in [0.25, 0.3) is 11.5 Å². The van der Waals surface area contributed by atoms with E-state index in [9.17, 15) is 0 Å². The lowest BCUT2D eigenvalue weighted by Gasteiger charge is -2.22. The number of aromatic amines is 1. The summed E-state index contributed by atoms with van der Waals surface area (Å²) < 4.78 is 0. The van der Waals surface area contributed by atoms with E-state index in [1.165, 1.54) is 12.8 Å². The molecule has 0 saturated carbocycles. The van der Waals surface area contributed by atoms with E-state index in [0.29, 0.717) is 0 Å². The highest BCUT2D eigenvalue weighted by Crippen LogP contribution is 2.19. The Labute approximate surface area is 112 Å². The van der Waals surface area contributed by atoms with Crippen LogP contribution in [0.4, 0.5) is 0 Å². The van der Waals surface area contributed by atoms with Gasteiger partial charge in [-0.25, -0.2) is 15.0 Å². The number of imidazole rings is 1. The van der Waals surface area contributed by atoms with E-state index in [-0.39, 0.29) is 0 Å². The largest absolute Gasteiger partial charge is 0.341 e. The minimum absolute atomic E-state index is 0.738. The molecule has 100 valence electrons. The minimum Gasteiger partial charge on any atom is -0.341 e. The predicted molar refractivity (Wildman–Crippen MR) is 73.6 cm³/mol. The second-order valence-corrected chi connectivity index (χ2v) is 5.21. The van der Waals surface area contributed by atoms with Gasteiger partial charge in [0.05, 0.1) is 0 Å². The van der Waals surface area contributed by atoms with Gasteiger partial charge in [0.25, 0.3) is 0 Å². The number of aromatic nitrogens is 4. The average molecular weight is 257 g/mol. The number of H-pyrrole nitrogens is 1. The van der Waals surface area contributed by atoms with Gasteiger partial charge in [-0.3, -0.25) is 0 Å². The van der Waals surface area contributed by atoms with E-state index in [1.807, 2.05) is 13.1 Å². The number of hydrogen-bond acceptors (Lipinski definition) is 4. The van der Waals surface area contributed by atoms with Crippen molar-refractivity contribution >= 4 is 0 Å². The van der Waals surface area contributed by atoms with Gasteiger partial charge in [-0.05, 0) is 51.3 Å². The first kappa shape index (κ1) is 12.3. The molecule has 3 heterocycles. The van der Waals surface area contributed by atoms with Crippen LogP contribution in [0.3, 0.4) is 0 Å². The number of nitrogens with one attached hydrogen (secondary N) is 2. The molecule has 19 heavy (non-hydrogen) atoms. The lowest BCUT2D eigenvalue weighted by atomic mass is 9.93. The molecule has 0 spiro atoms. The summed E-state index contributed by atoms with van der Waals surface area (Å²) in [4.78, 5) is 16.2. The van der Waals surface area contributed by atoms with Gasteiger partial charge in [0, 0.05) is 17.6 Å². The molecular weight excluding hydrogens is 238 g/mol. The van der Waals surface area contributed by atoms with Crippen LogP contribution in [-0.4, -0.2) is 33.0 Å². The maximum Gasteiger partial charge on any atom is 0.156 e. The molecule has 0 radical (unpaired) electrons. The van der Waals surface area contributed by atoms with Crippen LogP contribution in [0.5, 0.6) is 0 Å². The Hall–Kier alpha value is -1.75. The molecule has 0 bridgehead atoms. The predicted octanol–water partition coefficient (Wildman–Crippen LogP) is 1.72. The Morgan fingerprint density at radius 2 is 2.05 bits per heavy atom. The normalized spacial score (nSPS) is 16.7. The van der Waals surface area contributed by atoms with E-state index < -0.39 is 0 Å². The van der Waals surface area contributed by atoms with Crippen LogP contribution in [0.1, 0.15) is 24.2 Å². The summed E-state index contributed by atoms with van der Waals surface area (Å²) in [6, 6.07) is 2.06. The van der Waals surface area contributed by atoms with Crippen molar-refractivity contribution in [1.82, 2.24) is 25.3 Å². The summed E-state index contributed by atoms with van der Waals surface area (Å²) in [6.07, 6.45) is 6.97. The van der Waals surface area contributed by atoms with Crippen molar-refractivity contribution in [3.05, 3.63) is 30.0 Å². The fourth-order valence-electron chi connectivity index (χ4n) is 2.56. The second kappa shape index (κ2) is 5.48. The number of hydrogen-bond donors (Lipinski definition) is 2. The Balaban J connectivity index is 1.75. The number of piperidine rings is 1. The monoisotopic (exact) mass is 257 g/mol. The van der Waals surface area contributed by atoms with Gasteiger partial charge in [0.2, 0.25) is 0 Å². The summed E-state index contributed by atoms with van der Waals surface area (Å²) in [7, 11) is 0. The first-order valence-electron chi connectivity index (χ1n) is 6.85. The fraction of sp³-hybridized carbons (Fsp3) is 0.500. The smallest absolute Gasteiger partial charge is 0.156 e. The van der Waals surface area contributed by atoms with Gasteiger partial charge in [-0.1, -0.05) is 0 Å². The minimum atomic E-state index is 0.738. The molecule has 2 aromatic heterocycles. The third-order valence-electron chi connectivity index (χ3n) is 3.63. The fourth-order valence-corrected chi connectivity index (χ4v) is 2.56. The van der Waals surface area contributed by atoms with Gasteiger partial charge in [0.15, 0.2) is 5.82 Å². The van der Waals surface area contributed by atoms with Crippen LogP contribution in [0.15, 0.2) is 18.6 Å². The first-order valence-corrected chi connectivity index (χ1v) is 6.85. The Morgan fingerprint density at radius 3 is 2.79 bits per heavy atom. The maximum absolute atomic E-state index is 4.39. The highest BCUT2D eigenvalue weighted by atomic mass is 15.0. The Bertz CT molecular complexity index is 542. The third-order valence-corrected chi connectivity index (χ3v) is 3.63. The quantitative estimate of drug-likeness (QED) is 0.878. The van der Waals surface area contributed by atoms with Crippen molar-refractivity contribution in [2.75, 3.05) is 13.1 Å². The average Bonchev–Trinajstić information content (AvgIpc) is 2.87. The van der Waals surface area contributed by atoms with Crippen LogP contribution in [0.2, 0.25) is 0 Å². The van der Waals surface area contributed by atoms with Crippen molar-refractivity contribution in [2.45, 2.75) is 26.2 Å². The zero-order chi connectivity index (χ0) is 13.1. The zero-order valence-corrected chi connectivity index (χ0v) is 11.2. The van der Waals surface area contributed by atoms with Crippen molar-refractivity contribution in [3.63, 3.8) is 0 Å². The molecule has 1 fully saturated rings. The van der Waals surface area contributed by atoms with E-state index in [1.54, 1.807) is 6.33 Å². The van der Waals surface area contributed by atoms with Crippen molar-refractivity contribution in [2.24, 2.45) is 5.92 Å². The molecule has 5 heteroatoms. The van der Waals surface area contributed by atoms with Crippen molar-refractivity contribution < 1.29 is 0 Å². The molecule has 0 aromatic carbocycles. The topological polar surface area (TPSA) is 66.5 Å². The van der Waals surface area contributed by atoms with E-state index in [2.05, 4.69) is 31.3 Å². The van der Waals surface area contributed by atoms with Crippen LogP contribution < -0.4 is 5.32 Å². The SMILES string of the molecule is Cc1cnc(-c2cc(CC3CCNCC3)ncn2)[nH]1. The summed E-state index contributed by atoms with van der Waals surface area (Å²) in [6.45, 7) is 4.24. The van der Waals surface area contributed by atoms with Crippen LogP contribution in [0, 0.1) is 12.8 Å². The lowest BCUT2D eigenvalue weighted by Crippen LogP contribution is -2.28. The summed E-state index contributed by atoms with van der Waals surface area (Å²) in [5.74, 6) is 1.56. The number of rotatable bonds is 3. The molecule has 0 atom stereocenters. The van der Waals surface area contributed by atoms with E-state index >= 15 is 0 Å². The molecule has 0 unspecified atom stereocenters. The van der Waals surface area contributed by atoms with Gasteiger partial charge in [-0.2, -0.15) is 0 Å². The molecule has 2 aromatic rings. The van der Waals surface area contributed by atoms with Crippen molar-refractivity contribution in [1.29, 1.82) is 0 Å². The molecule has 1 aliphatic heterocycles. The van der Waals surface area contributed by atoms with Crippen LogP contribution >= 0.6 is 0 Å². The van der Waals surface area contributed by atoms with Crippen molar-refractivity contribution in [3.8, 4) is 11.5 Å². The molecule has 0 aliphatic carbocycles. The van der Waals surface area contributed by atoms with E-state index in [4.69, 9.17) is 0 Å². The van der Waals surface area contributed by atoms with Crippen LogP contribution in [-0.2, 0) is 6.42 Å². The first-order chi connectivity index (χ1) is 9.31. The molecule has 3 rings (SSSR count). The summed E-state index contributed by atoms with van der Waals surface area (Å²) in [5.41, 5.74) is 3.05. The summed E-state index contributed by atoms with van der Waals surface area (Å²) in [5, 5.41) is 3.39. The van der Waals surface area contributed by atoms with Gasteiger partial charge < -0.3 is 10.3 Å². The Kier molecular flexibility index (Phi) is 3.55. The number of aryl methyl sites for hydroxylation is 1. The molecule has 1 saturated heterocycles. The second-order valence-electron chi connectivity index (χ2n) is 5.21. The molecular formula is C14H19N5. The Morgan fingerprint density at radius 1 is 1.21 bits per heavy atom.